The predicted octanol–water partition coefficient (Wildman–Crippen LogP) is 1.90. The van der Waals surface area contributed by atoms with E-state index in [0.717, 1.165) is 19.5 Å². The van der Waals surface area contributed by atoms with Crippen molar-refractivity contribution in [2.75, 3.05) is 26.2 Å². The number of hydrogen-bond donors (Lipinski definition) is 1. The van der Waals surface area contributed by atoms with Gasteiger partial charge in [-0.25, -0.2) is 0 Å². The van der Waals surface area contributed by atoms with E-state index in [0.29, 0.717) is 17.9 Å². The molecule has 82 valence electrons. The molecule has 1 unspecified atom stereocenters. The molecule has 14 heavy (non-hydrogen) atoms. The van der Waals surface area contributed by atoms with Gasteiger partial charge in [0.25, 0.3) is 0 Å². The Morgan fingerprint density at radius 1 is 1.57 bits per heavy atom. The molecule has 0 amide bonds. The molecule has 0 aliphatic carbocycles. The summed E-state index contributed by atoms with van der Waals surface area (Å²) in [6.07, 6.45) is 4.13. The number of nitrogens with zero attached hydrogens (tertiary/aromatic N) is 1. The standard InChI is InChI=1S/C12H23NO/c1-4-7-13-8-6-12(2,3)11(10-13)5-9-14/h4,11,14H,1,5-10H2,2-3H3. The molecule has 1 N–H and O–H groups in total. The van der Waals surface area contributed by atoms with Gasteiger partial charge in [0.1, 0.15) is 0 Å². The van der Waals surface area contributed by atoms with Crippen LogP contribution >= 0.6 is 0 Å². The average molecular weight is 197 g/mol. The predicted molar refractivity (Wildman–Crippen MR) is 60.2 cm³/mol. The van der Waals surface area contributed by atoms with Crippen LogP contribution in [0.3, 0.4) is 0 Å². The molecule has 1 atom stereocenters. The Hall–Kier alpha value is -0.340. The van der Waals surface area contributed by atoms with E-state index in [-0.39, 0.29) is 0 Å². The minimum absolute atomic E-state index is 0.316. The molecule has 1 heterocycles. The summed E-state index contributed by atoms with van der Waals surface area (Å²) < 4.78 is 0. The lowest BCUT2D eigenvalue weighted by Crippen LogP contribution is -2.45. The first-order valence-electron chi connectivity index (χ1n) is 5.54. The first kappa shape index (κ1) is 11.7. The molecule has 0 spiro atoms. The van der Waals surface area contributed by atoms with Crippen LogP contribution in [0.1, 0.15) is 26.7 Å². The summed E-state index contributed by atoms with van der Waals surface area (Å²) in [6.45, 7) is 12.0. The molecule has 0 bridgehead atoms. The second-order valence-electron chi connectivity index (χ2n) is 5.00. The maximum atomic E-state index is 9.03. The van der Waals surface area contributed by atoms with Crippen LogP contribution in [0.15, 0.2) is 12.7 Å². The van der Waals surface area contributed by atoms with Crippen molar-refractivity contribution in [2.45, 2.75) is 26.7 Å². The van der Waals surface area contributed by atoms with E-state index in [4.69, 9.17) is 5.11 Å². The second-order valence-corrected chi connectivity index (χ2v) is 5.00. The SMILES string of the molecule is C=CCN1CCC(C)(C)C(CCO)C1. The smallest absolute Gasteiger partial charge is 0.0434 e. The molecule has 1 aliphatic rings. The highest BCUT2D eigenvalue weighted by Gasteiger charge is 2.34. The van der Waals surface area contributed by atoms with Gasteiger partial charge >= 0.3 is 0 Å². The van der Waals surface area contributed by atoms with Crippen LogP contribution in [0.2, 0.25) is 0 Å². The van der Waals surface area contributed by atoms with Gasteiger partial charge < -0.3 is 5.11 Å². The van der Waals surface area contributed by atoms with Crippen molar-refractivity contribution in [1.82, 2.24) is 4.90 Å². The Labute approximate surface area is 87.6 Å². The quantitative estimate of drug-likeness (QED) is 0.696. The van der Waals surface area contributed by atoms with Crippen LogP contribution in [0.4, 0.5) is 0 Å². The van der Waals surface area contributed by atoms with Gasteiger partial charge in [0.05, 0.1) is 0 Å². The molecule has 2 nitrogen and oxygen atoms in total. The fourth-order valence-corrected chi connectivity index (χ4v) is 2.29. The fraction of sp³-hybridized carbons (Fsp3) is 0.833. The summed E-state index contributed by atoms with van der Waals surface area (Å²) >= 11 is 0. The Bertz CT molecular complexity index is 189. The maximum Gasteiger partial charge on any atom is 0.0434 e. The van der Waals surface area contributed by atoms with Gasteiger partial charge in [-0.1, -0.05) is 19.9 Å². The lowest BCUT2D eigenvalue weighted by Gasteiger charge is -2.43. The maximum absolute atomic E-state index is 9.03. The monoisotopic (exact) mass is 197 g/mol. The molecule has 2 heteroatoms. The van der Waals surface area contributed by atoms with E-state index >= 15 is 0 Å². The summed E-state index contributed by atoms with van der Waals surface area (Å²) in [5.74, 6) is 0.626. The third-order valence-electron chi connectivity index (χ3n) is 3.52. The summed E-state index contributed by atoms with van der Waals surface area (Å²) in [7, 11) is 0. The molecule has 1 rings (SSSR count). The van der Waals surface area contributed by atoms with Crippen LogP contribution < -0.4 is 0 Å². The van der Waals surface area contributed by atoms with Gasteiger partial charge in [-0.3, -0.25) is 4.90 Å². The fourth-order valence-electron chi connectivity index (χ4n) is 2.29. The summed E-state index contributed by atoms with van der Waals surface area (Å²) in [4.78, 5) is 2.43. The first-order chi connectivity index (χ1) is 6.60. The zero-order chi connectivity index (χ0) is 10.6. The largest absolute Gasteiger partial charge is 0.396 e. The van der Waals surface area contributed by atoms with Gasteiger partial charge in [0, 0.05) is 19.7 Å². The van der Waals surface area contributed by atoms with E-state index in [1.54, 1.807) is 0 Å². The molecular weight excluding hydrogens is 174 g/mol. The summed E-state index contributed by atoms with van der Waals surface area (Å²) in [6, 6.07) is 0. The molecule has 0 radical (unpaired) electrons. The van der Waals surface area contributed by atoms with Gasteiger partial charge in [-0.2, -0.15) is 0 Å². The molecule has 0 aromatic carbocycles. The van der Waals surface area contributed by atoms with Crippen LogP contribution in [0.25, 0.3) is 0 Å². The molecule has 0 aromatic rings. The lowest BCUT2D eigenvalue weighted by molar-refractivity contribution is 0.0499. The Balaban J connectivity index is 2.53. The number of hydrogen-bond acceptors (Lipinski definition) is 2. The number of likely N-dealkylation sites (tertiary alicyclic amines) is 1. The molecule has 1 aliphatic heterocycles. The topological polar surface area (TPSA) is 23.5 Å². The molecule has 0 aromatic heterocycles. The van der Waals surface area contributed by atoms with Crippen molar-refractivity contribution < 1.29 is 5.11 Å². The normalized spacial score (nSPS) is 27.5. The van der Waals surface area contributed by atoms with Gasteiger partial charge in [-0.15, -0.1) is 6.58 Å². The lowest BCUT2D eigenvalue weighted by atomic mass is 9.72. The van der Waals surface area contributed by atoms with E-state index < -0.39 is 0 Å². The highest BCUT2D eigenvalue weighted by molar-refractivity contribution is 4.88. The van der Waals surface area contributed by atoms with Crippen molar-refractivity contribution in [3.63, 3.8) is 0 Å². The Kier molecular flexibility index (Phi) is 4.14. The minimum Gasteiger partial charge on any atom is -0.396 e. The van der Waals surface area contributed by atoms with E-state index in [9.17, 15) is 0 Å². The first-order valence-corrected chi connectivity index (χ1v) is 5.54. The van der Waals surface area contributed by atoms with Crippen molar-refractivity contribution in [3.05, 3.63) is 12.7 Å². The van der Waals surface area contributed by atoms with Gasteiger partial charge in [-0.05, 0) is 30.7 Å². The van der Waals surface area contributed by atoms with Gasteiger partial charge in [0.15, 0.2) is 0 Å². The minimum atomic E-state index is 0.316. The second kappa shape index (κ2) is 4.94. The van der Waals surface area contributed by atoms with E-state index in [1.807, 2.05) is 6.08 Å². The van der Waals surface area contributed by atoms with E-state index in [2.05, 4.69) is 25.3 Å². The number of aliphatic hydroxyl groups is 1. The number of rotatable bonds is 4. The number of piperidine rings is 1. The molecule has 1 saturated heterocycles. The summed E-state index contributed by atoms with van der Waals surface area (Å²) in [5.41, 5.74) is 0.389. The van der Waals surface area contributed by atoms with Crippen LogP contribution in [0.5, 0.6) is 0 Å². The Morgan fingerprint density at radius 2 is 2.29 bits per heavy atom. The number of aliphatic hydroxyl groups excluding tert-OH is 1. The zero-order valence-electron chi connectivity index (χ0n) is 9.50. The van der Waals surface area contributed by atoms with E-state index in [1.165, 1.54) is 13.0 Å². The zero-order valence-corrected chi connectivity index (χ0v) is 9.50. The van der Waals surface area contributed by atoms with Crippen LogP contribution in [-0.2, 0) is 0 Å². The average Bonchev–Trinajstić information content (AvgIpc) is 2.12. The van der Waals surface area contributed by atoms with Crippen molar-refractivity contribution in [1.29, 1.82) is 0 Å². The van der Waals surface area contributed by atoms with Crippen molar-refractivity contribution in [2.24, 2.45) is 11.3 Å². The Morgan fingerprint density at radius 3 is 2.86 bits per heavy atom. The van der Waals surface area contributed by atoms with Crippen LogP contribution in [-0.4, -0.2) is 36.2 Å². The molecule has 0 saturated carbocycles. The van der Waals surface area contributed by atoms with Crippen LogP contribution in [0, 0.1) is 11.3 Å². The highest BCUT2D eigenvalue weighted by Crippen LogP contribution is 2.37. The van der Waals surface area contributed by atoms with Gasteiger partial charge in [0.2, 0.25) is 0 Å². The highest BCUT2D eigenvalue weighted by atomic mass is 16.3. The summed E-state index contributed by atoms with van der Waals surface area (Å²) in [5, 5.41) is 9.03. The third kappa shape index (κ3) is 2.82. The molecular formula is C12H23NO. The third-order valence-corrected chi connectivity index (χ3v) is 3.52. The van der Waals surface area contributed by atoms with Crippen molar-refractivity contribution >= 4 is 0 Å². The van der Waals surface area contributed by atoms with Crippen molar-refractivity contribution in [3.8, 4) is 0 Å². The molecule has 1 fully saturated rings.